The zero-order valence-corrected chi connectivity index (χ0v) is 15.1. The normalized spacial score (nSPS) is 24.0. The molecule has 4 rings (SSSR count). The number of morpholine rings is 1. The van der Waals surface area contributed by atoms with E-state index in [0.717, 1.165) is 34.8 Å². The number of benzene rings is 1. The third kappa shape index (κ3) is 3.01. The van der Waals surface area contributed by atoms with E-state index in [2.05, 4.69) is 42.7 Å². The van der Waals surface area contributed by atoms with E-state index < -0.39 is 0 Å². The predicted octanol–water partition coefficient (Wildman–Crippen LogP) is 3.13. The van der Waals surface area contributed by atoms with E-state index in [-0.39, 0.29) is 11.9 Å². The lowest BCUT2D eigenvalue weighted by Crippen LogP contribution is -2.35. The number of nitrogens with zero attached hydrogens (tertiary/aromatic N) is 1. The molecule has 134 valence electrons. The van der Waals surface area contributed by atoms with Gasteiger partial charge < -0.3 is 20.3 Å². The van der Waals surface area contributed by atoms with Crippen LogP contribution in [0, 0.1) is 0 Å². The lowest BCUT2D eigenvalue weighted by molar-refractivity contribution is -0.113. The fraction of sp³-hybridized carbons (Fsp3) is 0.550. The van der Waals surface area contributed by atoms with Gasteiger partial charge in [-0.25, -0.2) is 0 Å². The summed E-state index contributed by atoms with van der Waals surface area (Å²) < 4.78 is 5.58. The van der Waals surface area contributed by atoms with Crippen LogP contribution in [0.1, 0.15) is 45.1 Å². The molecule has 25 heavy (non-hydrogen) atoms. The number of amides is 1. The summed E-state index contributed by atoms with van der Waals surface area (Å²) in [5, 5.41) is 7.02. The number of fused-ring (bicyclic) bond motifs is 1. The van der Waals surface area contributed by atoms with Gasteiger partial charge in [0.25, 0.3) is 5.91 Å². The molecular weight excluding hydrogens is 314 g/mol. The number of ether oxygens (including phenoxy) is 1. The molecule has 1 aliphatic carbocycles. The van der Waals surface area contributed by atoms with Gasteiger partial charge in [-0.05, 0) is 44.9 Å². The number of rotatable bonds is 3. The van der Waals surface area contributed by atoms with E-state index in [9.17, 15) is 4.79 Å². The summed E-state index contributed by atoms with van der Waals surface area (Å²) in [6, 6.07) is 7.03. The van der Waals surface area contributed by atoms with Gasteiger partial charge >= 0.3 is 0 Å². The van der Waals surface area contributed by atoms with Crippen molar-refractivity contribution in [2.75, 3.05) is 30.0 Å². The van der Waals surface area contributed by atoms with Crippen molar-refractivity contribution in [2.24, 2.45) is 0 Å². The SMILES string of the molecule is CC(C)N1C(=O)/C(=C2/COCCN2)c2cc(NC3CCCC3)ccc21. The lowest BCUT2D eigenvalue weighted by Gasteiger charge is -2.22. The van der Waals surface area contributed by atoms with Gasteiger partial charge in [0.2, 0.25) is 0 Å². The van der Waals surface area contributed by atoms with Crippen LogP contribution in [0.4, 0.5) is 11.4 Å². The second-order valence-electron chi connectivity index (χ2n) is 7.46. The first-order valence-corrected chi connectivity index (χ1v) is 9.44. The Hall–Kier alpha value is -2.01. The molecule has 2 N–H and O–H groups in total. The first-order chi connectivity index (χ1) is 12.1. The zero-order chi connectivity index (χ0) is 17.4. The Morgan fingerprint density at radius 3 is 2.76 bits per heavy atom. The van der Waals surface area contributed by atoms with Crippen LogP contribution in [0.3, 0.4) is 0 Å². The number of hydrogen-bond acceptors (Lipinski definition) is 4. The van der Waals surface area contributed by atoms with Crippen LogP contribution in [-0.2, 0) is 9.53 Å². The maximum absolute atomic E-state index is 13.1. The highest BCUT2D eigenvalue weighted by atomic mass is 16.5. The minimum Gasteiger partial charge on any atom is -0.383 e. The highest BCUT2D eigenvalue weighted by Crippen LogP contribution is 2.41. The standard InChI is InChI=1S/C20H27N3O2/c1-13(2)23-18-8-7-15(22-14-5-3-4-6-14)11-16(18)19(20(23)24)17-12-25-10-9-21-17/h7-8,11,13-14,21-22H,3-6,9-10,12H2,1-2H3/b19-17-. The van der Waals surface area contributed by atoms with Crippen LogP contribution >= 0.6 is 0 Å². The maximum Gasteiger partial charge on any atom is 0.261 e. The van der Waals surface area contributed by atoms with Gasteiger partial charge in [-0.2, -0.15) is 0 Å². The van der Waals surface area contributed by atoms with Crippen molar-refractivity contribution in [3.05, 3.63) is 29.5 Å². The molecule has 1 amide bonds. The third-order valence-corrected chi connectivity index (χ3v) is 5.33. The van der Waals surface area contributed by atoms with Crippen LogP contribution in [0.5, 0.6) is 0 Å². The fourth-order valence-corrected chi connectivity index (χ4v) is 4.15. The smallest absolute Gasteiger partial charge is 0.261 e. The quantitative estimate of drug-likeness (QED) is 0.830. The maximum atomic E-state index is 13.1. The Morgan fingerprint density at radius 2 is 2.08 bits per heavy atom. The number of hydrogen-bond donors (Lipinski definition) is 2. The van der Waals surface area contributed by atoms with Gasteiger partial charge in [0, 0.05) is 29.9 Å². The number of anilines is 2. The Morgan fingerprint density at radius 1 is 1.28 bits per heavy atom. The Balaban J connectivity index is 1.74. The van der Waals surface area contributed by atoms with E-state index >= 15 is 0 Å². The Bertz CT molecular complexity index is 697. The van der Waals surface area contributed by atoms with Crippen molar-refractivity contribution < 1.29 is 9.53 Å². The molecule has 0 unspecified atom stereocenters. The van der Waals surface area contributed by atoms with Crippen molar-refractivity contribution in [2.45, 2.75) is 51.6 Å². The molecule has 1 saturated heterocycles. The number of nitrogens with one attached hydrogen (secondary N) is 2. The van der Waals surface area contributed by atoms with E-state index in [4.69, 9.17) is 4.74 Å². The lowest BCUT2D eigenvalue weighted by atomic mass is 10.0. The molecule has 0 bridgehead atoms. The van der Waals surface area contributed by atoms with Crippen molar-refractivity contribution in [3.8, 4) is 0 Å². The zero-order valence-electron chi connectivity index (χ0n) is 15.1. The van der Waals surface area contributed by atoms with E-state index in [1.165, 1.54) is 25.7 Å². The monoisotopic (exact) mass is 341 g/mol. The highest BCUT2D eigenvalue weighted by Gasteiger charge is 2.36. The summed E-state index contributed by atoms with van der Waals surface area (Å²) in [6.45, 7) is 6.04. The van der Waals surface area contributed by atoms with Crippen LogP contribution < -0.4 is 15.5 Å². The van der Waals surface area contributed by atoms with E-state index in [1.807, 2.05) is 4.90 Å². The summed E-state index contributed by atoms with van der Waals surface area (Å²) in [6.07, 6.45) is 5.08. The number of carbonyl (C=O) groups is 1. The molecule has 5 heteroatoms. The van der Waals surface area contributed by atoms with Crippen LogP contribution in [0.2, 0.25) is 0 Å². The summed E-state index contributed by atoms with van der Waals surface area (Å²) in [7, 11) is 0. The number of carbonyl (C=O) groups excluding carboxylic acids is 1. The van der Waals surface area contributed by atoms with Crippen molar-refractivity contribution in [3.63, 3.8) is 0 Å². The van der Waals surface area contributed by atoms with E-state index in [0.29, 0.717) is 19.3 Å². The molecule has 0 aromatic heterocycles. The third-order valence-electron chi connectivity index (χ3n) is 5.33. The summed E-state index contributed by atoms with van der Waals surface area (Å²) in [5.41, 5.74) is 4.83. The minimum absolute atomic E-state index is 0.0796. The molecule has 1 saturated carbocycles. The molecule has 1 aromatic rings. The minimum atomic E-state index is 0.0796. The summed E-state index contributed by atoms with van der Waals surface area (Å²) >= 11 is 0. The highest BCUT2D eigenvalue weighted by molar-refractivity contribution is 6.33. The second-order valence-corrected chi connectivity index (χ2v) is 7.46. The van der Waals surface area contributed by atoms with Gasteiger partial charge in [0.15, 0.2) is 0 Å². The van der Waals surface area contributed by atoms with E-state index in [1.54, 1.807) is 0 Å². The van der Waals surface area contributed by atoms with Crippen LogP contribution in [0.25, 0.3) is 5.57 Å². The largest absolute Gasteiger partial charge is 0.383 e. The average molecular weight is 341 g/mol. The van der Waals surface area contributed by atoms with Gasteiger partial charge in [-0.1, -0.05) is 12.8 Å². The summed E-state index contributed by atoms with van der Waals surface area (Å²) in [5.74, 6) is 0.0796. The Labute approximate surface area is 149 Å². The Kier molecular flexibility index (Phi) is 4.42. The molecule has 2 heterocycles. The molecule has 0 atom stereocenters. The van der Waals surface area contributed by atoms with Crippen molar-refractivity contribution in [1.82, 2.24) is 5.32 Å². The molecule has 1 aromatic carbocycles. The fourth-order valence-electron chi connectivity index (χ4n) is 4.15. The molecule has 5 nitrogen and oxygen atoms in total. The van der Waals surface area contributed by atoms with Gasteiger partial charge in [-0.3, -0.25) is 4.79 Å². The molecular formula is C20H27N3O2. The molecule has 2 fully saturated rings. The van der Waals surface area contributed by atoms with Gasteiger partial charge in [-0.15, -0.1) is 0 Å². The molecule has 0 spiro atoms. The van der Waals surface area contributed by atoms with Gasteiger partial charge in [0.1, 0.15) is 0 Å². The molecule has 2 aliphatic heterocycles. The molecule has 3 aliphatic rings. The topological polar surface area (TPSA) is 53.6 Å². The predicted molar refractivity (Wildman–Crippen MR) is 101 cm³/mol. The summed E-state index contributed by atoms with van der Waals surface area (Å²) in [4.78, 5) is 15.0. The van der Waals surface area contributed by atoms with Crippen LogP contribution in [-0.4, -0.2) is 37.7 Å². The van der Waals surface area contributed by atoms with Crippen molar-refractivity contribution in [1.29, 1.82) is 0 Å². The first-order valence-electron chi connectivity index (χ1n) is 9.44. The van der Waals surface area contributed by atoms with Crippen LogP contribution in [0.15, 0.2) is 23.9 Å². The van der Waals surface area contributed by atoms with Gasteiger partial charge in [0.05, 0.1) is 30.2 Å². The second kappa shape index (κ2) is 6.71. The first kappa shape index (κ1) is 16.5. The molecule has 0 radical (unpaired) electrons. The average Bonchev–Trinajstić information content (AvgIpc) is 3.20. The van der Waals surface area contributed by atoms with Crippen molar-refractivity contribution >= 4 is 22.9 Å².